The molecule has 6 heteroatoms. The maximum Gasteiger partial charge on any atom is 0.339 e. The van der Waals surface area contributed by atoms with Gasteiger partial charge in [0.1, 0.15) is 11.3 Å². The van der Waals surface area contributed by atoms with Crippen molar-refractivity contribution in [1.29, 1.82) is 0 Å². The number of hydrogen-bond donors (Lipinski definition) is 1. The second-order valence-electron chi connectivity index (χ2n) is 3.58. The van der Waals surface area contributed by atoms with Crippen LogP contribution in [-0.2, 0) is 14.1 Å². The molecule has 0 bridgehead atoms. The predicted molar refractivity (Wildman–Crippen MR) is 57.1 cm³/mol. The van der Waals surface area contributed by atoms with Crippen LogP contribution in [0.1, 0.15) is 16.1 Å². The molecular weight excluding hydrogens is 208 g/mol. The Bertz CT molecular complexity index is 553. The Hall–Kier alpha value is -2.11. The third kappa shape index (κ3) is 1.39. The lowest BCUT2D eigenvalue weighted by molar-refractivity contribution is 0.0697. The Kier molecular flexibility index (Phi) is 2.26. The predicted octanol–water partition coefficient (Wildman–Crippen LogP) is 0.827. The average molecular weight is 220 g/mol. The molecule has 0 aliphatic carbocycles. The summed E-state index contributed by atoms with van der Waals surface area (Å²) < 4.78 is 3.19. The summed E-state index contributed by atoms with van der Waals surface area (Å²) in [5.41, 5.74) is 2.04. The molecule has 0 aliphatic heterocycles. The fraction of sp³-hybridized carbons (Fsp3) is 0.300. The molecule has 2 aromatic heterocycles. The second-order valence-corrected chi connectivity index (χ2v) is 3.58. The largest absolute Gasteiger partial charge is 0.478 e. The summed E-state index contributed by atoms with van der Waals surface area (Å²) in [4.78, 5) is 11.2. The van der Waals surface area contributed by atoms with E-state index < -0.39 is 5.97 Å². The average Bonchev–Trinajstić information content (AvgIpc) is 2.69. The summed E-state index contributed by atoms with van der Waals surface area (Å²) in [6, 6.07) is 1.77. The van der Waals surface area contributed by atoms with E-state index in [4.69, 9.17) is 5.11 Å². The van der Waals surface area contributed by atoms with Gasteiger partial charge in [0.15, 0.2) is 0 Å². The van der Waals surface area contributed by atoms with Crippen LogP contribution < -0.4 is 0 Å². The zero-order valence-electron chi connectivity index (χ0n) is 9.30. The number of aromatic nitrogens is 4. The molecule has 0 unspecified atom stereocenters. The van der Waals surface area contributed by atoms with Crippen molar-refractivity contribution in [2.45, 2.75) is 6.92 Å². The molecule has 0 amide bonds. The topological polar surface area (TPSA) is 72.9 Å². The number of rotatable bonds is 2. The first-order valence-corrected chi connectivity index (χ1v) is 4.77. The maximum absolute atomic E-state index is 11.2. The smallest absolute Gasteiger partial charge is 0.339 e. The lowest BCUT2D eigenvalue weighted by Gasteiger charge is -2.03. The number of aromatic carboxylic acids is 1. The van der Waals surface area contributed by atoms with E-state index >= 15 is 0 Å². The van der Waals surface area contributed by atoms with Gasteiger partial charge in [0.2, 0.25) is 0 Å². The van der Waals surface area contributed by atoms with Gasteiger partial charge in [-0.25, -0.2) is 4.79 Å². The van der Waals surface area contributed by atoms with Gasteiger partial charge in [-0.1, -0.05) is 0 Å². The van der Waals surface area contributed by atoms with Gasteiger partial charge < -0.3 is 5.11 Å². The molecule has 0 saturated carbocycles. The summed E-state index contributed by atoms with van der Waals surface area (Å²) >= 11 is 0. The molecule has 16 heavy (non-hydrogen) atoms. The van der Waals surface area contributed by atoms with Crippen LogP contribution in [0.2, 0.25) is 0 Å². The number of nitrogens with zero attached hydrogens (tertiary/aromatic N) is 4. The standard InChI is InChI=1S/C10H12N4O2/c1-6-8(10(15)16)9(14(3)12-6)7-4-5-11-13(7)2/h4-5H,1-3H3,(H,15,16). The van der Waals surface area contributed by atoms with Crippen LogP contribution in [0.5, 0.6) is 0 Å². The third-order valence-corrected chi connectivity index (χ3v) is 2.50. The number of hydrogen-bond acceptors (Lipinski definition) is 3. The fourth-order valence-electron chi connectivity index (χ4n) is 1.81. The Morgan fingerprint density at radius 2 is 2.06 bits per heavy atom. The Morgan fingerprint density at radius 3 is 2.56 bits per heavy atom. The number of aryl methyl sites for hydroxylation is 3. The molecule has 2 heterocycles. The molecule has 0 aromatic carbocycles. The van der Waals surface area contributed by atoms with Crippen LogP contribution >= 0.6 is 0 Å². The van der Waals surface area contributed by atoms with Gasteiger partial charge in [-0.05, 0) is 13.0 Å². The molecule has 1 N–H and O–H groups in total. The molecule has 2 aromatic rings. The summed E-state index contributed by atoms with van der Waals surface area (Å²) in [6.45, 7) is 1.68. The van der Waals surface area contributed by atoms with Crippen molar-refractivity contribution in [3.63, 3.8) is 0 Å². The number of carboxylic acid groups (broad SMARTS) is 1. The van der Waals surface area contributed by atoms with Crippen molar-refractivity contribution < 1.29 is 9.90 Å². The Labute approximate surface area is 92.1 Å². The highest BCUT2D eigenvalue weighted by molar-refractivity contribution is 5.95. The summed E-state index contributed by atoms with van der Waals surface area (Å²) in [6.07, 6.45) is 1.63. The first-order valence-electron chi connectivity index (χ1n) is 4.77. The number of carbonyl (C=O) groups is 1. The van der Waals surface area contributed by atoms with Gasteiger partial charge in [-0.15, -0.1) is 0 Å². The lowest BCUT2D eigenvalue weighted by Crippen LogP contribution is -2.04. The second kappa shape index (κ2) is 3.48. The molecule has 0 aliphatic rings. The van der Waals surface area contributed by atoms with Crippen LogP contribution in [0.4, 0.5) is 0 Å². The van der Waals surface area contributed by atoms with E-state index in [9.17, 15) is 4.79 Å². The van der Waals surface area contributed by atoms with E-state index in [1.54, 1.807) is 42.6 Å². The molecule has 0 radical (unpaired) electrons. The molecule has 0 saturated heterocycles. The Morgan fingerprint density at radius 1 is 1.38 bits per heavy atom. The highest BCUT2D eigenvalue weighted by Crippen LogP contribution is 2.24. The van der Waals surface area contributed by atoms with E-state index in [2.05, 4.69) is 10.2 Å². The normalized spacial score (nSPS) is 10.7. The zero-order chi connectivity index (χ0) is 11.9. The Balaban J connectivity index is 2.74. The molecule has 0 fully saturated rings. The van der Waals surface area contributed by atoms with Crippen LogP contribution in [0.15, 0.2) is 12.3 Å². The van der Waals surface area contributed by atoms with E-state index in [0.717, 1.165) is 5.69 Å². The highest BCUT2D eigenvalue weighted by Gasteiger charge is 2.22. The molecule has 0 spiro atoms. The van der Waals surface area contributed by atoms with Crippen molar-refractivity contribution in [3.8, 4) is 11.4 Å². The first-order chi connectivity index (χ1) is 7.52. The molecule has 0 atom stereocenters. The van der Waals surface area contributed by atoms with Crippen molar-refractivity contribution in [2.24, 2.45) is 14.1 Å². The van der Waals surface area contributed by atoms with Gasteiger partial charge in [-0.2, -0.15) is 10.2 Å². The highest BCUT2D eigenvalue weighted by atomic mass is 16.4. The van der Waals surface area contributed by atoms with E-state index in [1.165, 1.54) is 0 Å². The van der Waals surface area contributed by atoms with Crippen molar-refractivity contribution in [3.05, 3.63) is 23.5 Å². The van der Waals surface area contributed by atoms with Gasteiger partial charge >= 0.3 is 5.97 Å². The van der Waals surface area contributed by atoms with Gasteiger partial charge in [0, 0.05) is 20.3 Å². The SMILES string of the molecule is Cc1nn(C)c(-c2ccnn2C)c1C(=O)O. The van der Waals surface area contributed by atoms with Gasteiger partial charge in [-0.3, -0.25) is 9.36 Å². The van der Waals surface area contributed by atoms with Crippen LogP contribution in [0.3, 0.4) is 0 Å². The van der Waals surface area contributed by atoms with Crippen molar-refractivity contribution >= 4 is 5.97 Å². The van der Waals surface area contributed by atoms with E-state index in [0.29, 0.717) is 11.4 Å². The molecule has 2 rings (SSSR count). The van der Waals surface area contributed by atoms with Gasteiger partial charge in [0.25, 0.3) is 0 Å². The quantitative estimate of drug-likeness (QED) is 0.813. The van der Waals surface area contributed by atoms with Crippen LogP contribution in [0.25, 0.3) is 11.4 Å². The molecule has 84 valence electrons. The first kappa shape index (κ1) is 10.4. The summed E-state index contributed by atoms with van der Waals surface area (Å²) in [7, 11) is 3.49. The summed E-state index contributed by atoms with van der Waals surface area (Å²) in [5.74, 6) is -0.971. The lowest BCUT2D eigenvalue weighted by atomic mass is 10.1. The van der Waals surface area contributed by atoms with Gasteiger partial charge in [0.05, 0.1) is 11.4 Å². The van der Waals surface area contributed by atoms with Crippen molar-refractivity contribution in [1.82, 2.24) is 19.6 Å². The van der Waals surface area contributed by atoms with E-state index in [-0.39, 0.29) is 5.56 Å². The molecular formula is C10H12N4O2. The minimum Gasteiger partial charge on any atom is -0.478 e. The third-order valence-electron chi connectivity index (χ3n) is 2.50. The molecule has 6 nitrogen and oxygen atoms in total. The zero-order valence-corrected chi connectivity index (χ0v) is 9.30. The fourth-order valence-corrected chi connectivity index (χ4v) is 1.81. The van der Waals surface area contributed by atoms with Crippen molar-refractivity contribution in [2.75, 3.05) is 0 Å². The van der Waals surface area contributed by atoms with Crippen LogP contribution in [-0.4, -0.2) is 30.6 Å². The van der Waals surface area contributed by atoms with Crippen LogP contribution in [0, 0.1) is 6.92 Å². The summed E-state index contributed by atoms with van der Waals surface area (Å²) in [5, 5.41) is 17.3. The minimum atomic E-state index is -0.971. The maximum atomic E-state index is 11.2. The number of carboxylic acids is 1. The van der Waals surface area contributed by atoms with E-state index in [1.807, 2.05) is 0 Å². The minimum absolute atomic E-state index is 0.228. The monoisotopic (exact) mass is 220 g/mol.